The van der Waals surface area contributed by atoms with Crippen molar-refractivity contribution >= 4 is 12.0 Å². The van der Waals surface area contributed by atoms with E-state index < -0.39 is 23.5 Å². The maximum atomic E-state index is 13.9. The zero-order valence-electron chi connectivity index (χ0n) is 19.3. The molecule has 2 aliphatic rings. The summed E-state index contributed by atoms with van der Waals surface area (Å²) >= 11 is 0. The number of ether oxygens (including phenoxy) is 2. The molecule has 1 unspecified atom stereocenters. The van der Waals surface area contributed by atoms with Crippen LogP contribution in [-0.2, 0) is 9.53 Å². The number of hydrogen-bond acceptors (Lipinski definition) is 4. The number of benzene rings is 2. The Hall–Kier alpha value is -3.59. The molecule has 3 aromatic rings. The van der Waals surface area contributed by atoms with Gasteiger partial charge in [-0.2, -0.15) is 0 Å². The van der Waals surface area contributed by atoms with Gasteiger partial charge in [0, 0.05) is 11.8 Å². The second-order valence-corrected chi connectivity index (χ2v) is 8.78. The predicted molar refractivity (Wildman–Crippen MR) is 123 cm³/mol. The predicted octanol–water partition coefficient (Wildman–Crippen LogP) is 4.75. The van der Waals surface area contributed by atoms with Gasteiger partial charge in [0.15, 0.2) is 17.5 Å². The number of morpholine rings is 1. The molecular formula is C26H24F3N3O3. The lowest BCUT2D eigenvalue weighted by Gasteiger charge is -2.45. The van der Waals surface area contributed by atoms with Crippen molar-refractivity contribution in [2.75, 3.05) is 20.3 Å². The van der Waals surface area contributed by atoms with Gasteiger partial charge in [-0.05, 0) is 61.2 Å². The van der Waals surface area contributed by atoms with E-state index in [1.807, 2.05) is 42.0 Å². The first kappa shape index (κ1) is 23.2. The second-order valence-electron chi connectivity index (χ2n) is 8.78. The molecule has 0 spiro atoms. The number of methoxy groups -OCH3 is 1. The van der Waals surface area contributed by atoms with E-state index in [0.29, 0.717) is 30.8 Å². The van der Waals surface area contributed by atoms with E-state index in [9.17, 15) is 18.0 Å². The number of halogens is 3. The van der Waals surface area contributed by atoms with E-state index in [1.165, 1.54) is 0 Å². The largest absolute Gasteiger partial charge is 0.495 e. The summed E-state index contributed by atoms with van der Waals surface area (Å²) in [5.41, 5.74) is 3.22. The molecule has 5 rings (SSSR count). The van der Waals surface area contributed by atoms with E-state index in [0.717, 1.165) is 29.1 Å². The second kappa shape index (κ2) is 9.22. The summed E-state index contributed by atoms with van der Waals surface area (Å²) in [4.78, 5) is 19.4. The highest BCUT2D eigenvalue weighted by atomic mass is 19.2. The lowest BCUT2D eigenvalue weighted by atomic mass is 9.91. The van der Waals surface area contributed by atoms with Crippen LogP contribution in [0.5, 0.6) is 5.75 Å². The fourth-order valence-electron chi connectivity index (χ4n) is 4.77. The van der Waals surface area contributed by atoms with E-state index in [4.69, 9.17) is 9.47 Å². The van der Waals surface area contributed by atoms with E-state index in [2.05, 4.69) is 4.98 Å². The molecule has 0 N–H and O–H groups in total. The highest BCUT2D eigenvalue weighted by Crippen LogP contribution is 2.37. The molecule has 35 heavy (non-hydrogen) atoms. The summed E-state index contributed by atoms with van der Waals surface area (Å²) in [6.07, 6.45) is 6.58. The molecule has 182 valence electrons. The lowest BCUT2D eigenvalue weighted by Crippen LogP contribution is -2.53. The summed E-state index contributed by atoms with van der Waals surface area (Å²) in [5.74, 6) is -3.71. The van der Waals surface area contributed by atoms with Gasteiger partial charge in [-0.15, -0.1) is 0 Å². The molecule has 2 saturated heterocycles. The Balaban J connectivity index is 1.46. The van der Waals surface area contributed by atoms with Crippen molar-refractivity contribution in [3.63, 3.8) is 0 Å². The van der Waals surface area contributed by atoms with Gasteiger partial charge in [0.05, 0.1) is 50.1 Å². The molecular weight excluding hydrogens is 459 g/mol. The monoisotopic (exact) mass is 483 g/mol. The third-order valence-corrected chi connectivity index (χ3v) is 6.50. The Kier molecular flexibility index (Phi) is 6.10. The Bertz CT molecular complexity index is 1300. The van der Waals surface area contributed by atoms with E-state index in [-0.39, 0.29) is 24.1 Å². The van der Waals surface area contributed by atoms with Gasteiger partial charge in [-0.25, -0.2) is 18.2 Å². The van der Waals surface area contributed by atoms with Crippen LogP contribution < -0.4 is 4.74 Å². The Morgan fingerprint density at radius 2 is 1.91 bits per heavy atom. The van der Waals surface area contributed by atoms with Crippen molar-refractivity contribution in [3.8, 4) is 11.4 Å². The molecule has 2 aromatic carbocycles. The quantitative estimate of drug-likeness (QED) is 0.397. The van der Waals surface area contributed by atoms with Crippen LogP contribution in [0.1, 0.15) is 35.7 Å². The summed E-state index contributed by atoms with van der Waals surface area (Å²) < 4.78 is 54.4. The fraction of sp³-hybridized carbons (Fsp3) is 0.308. The number of carbonyl (C=O) groups excluding carboxylic acids is 1. The number of aromatic nitrogens is 2. The van der Waals surface area contributed by atoms with Gasteiger partial charge in [0.2, 0.25) is 0 Å². The zero-order chi connectivity index (χ0) is 24.7. The van der Waals surface area contributed by atoms with Gasteiger partial charge in [0.1, 0.15) is 5.75 Å². The normalized spacial score (nSPS) is 21.3. The minimum absolute atomic E-state index is 0.0763. The van der Waals surface area contributed by atoms with Gasteiger partial charge in [-0.1, -0.05) is 6.07 Å². The van der Waals surface area contributed by atoms with Crippen molar-refractivity contribution in [3.05, 3.63) is 82.7 Å². The molecule has 2 atom stereocenters. The topological polar surface area (TPSA) is 56.6 Å². The summed E-state index contributed by atoms with van der Waals surface area (Å²) in [7, 11) is 1.58. The van der Waals surface area contributed by atoms with E-state index in [1.54, 1.807) is 18.3 Å². The molecule has 1 aromatic heterocycles. The molecule has 3 heterocycles. The minimum atomic E-state index is -1.53. The standard InChI is InChI=1S/C26H24F3N3O3/c1-15-11-31(14-30-15)22-6-3-16(8-24(22)34-2)7-17-4-5-19-12-35-13-23(32(19)26(17)33)18-9-20(27)25(29)21(28)10-18/h3,6-11,14,19,23H,4-5,12-13H2,1-2H3/t19-,23?/m1/s1. The van der Waals surface area contributed by atoms with Gasteiger partial charge < -0.3 is 18.9 Å². The Morgan fingerprint density at radius 3 is 2.60 bits per heavy atom. The molecule has 0 saturated carbocycles. The van der Waals surface area contributed by atoms with Crippen LogP contribution >= 0.6 is 0 Å². The highest BCUT2D eigenvalue weighted by molar-refractivity contribution is 5.99. The van der Waals surface area contributed by atoms with Gasteiger partial charge in [-0.3, -0.25) is 4.79 Å². The number of rotatable bonds is 4. The highest BCUT2D eigenvalue weighted by Gasteiger charge is 2.40. The van der Waals surface area contributed by atoms with Crippen molar-refractivity contribution < 1.29 is 27.4 Å². The maximum Gasteiger partial charge on any atom is 0.250 e. The number of aryl methyl sites for hydroxylation is 1. The van der Waals surface area contributed by atoms with Crippen LogP contribution in [0, 0.1) is 24.4 Å². The molecule has 1 amide bonds. The third-order valence-electron chi connectivity index (χ3n) is 6.50. The van der Waals surface area contributed by atoms with Gasteiger partial charge >= 0.3 is 0 Å². The van der Waals surface area contributed by atoms with Crippen molar-refractivity contribution in [1.82, 2.24) is 14.5 Å². The third kappa shape index (κ3) is 4.32. The van der Waals surface area contributed by atoms with Crippen molar-refractivity contribution in [1.29, 1.82) is 0 Å². The van der Waals surface area contributed by atoms with Crippen LogP contribution in [0.2, 0.25) is 0 Å². The molecule has 2 fully saturated rings. The van der Waals surface area contributed by atoms with Crippen LogP contribution in [0.3, 0.4) is 0 Å². The number of piperidine rings is 1. The van der Waals surface area contributed by atoms with Crippen molar-refractivity contribution in [2.24, 2.45) is 0 Å². The SMILES string of the molecule is COc1cc(C=C2CC[C@@H]3COCC(c4cc(F)c(F)c(F)c4)N3C2=O)ccc1-n1cnc(C)c1. The molecule has 9 heteroatoms. The molecule has 2 aliphatic heterocycles. The number of fused-ring (bicyclic) bond motifs is 1. The first-order valence-corrected chi connectivity index (χ1v) is 11.3. The number of amides is 1. The molecule has 0 bridgehead atoms. The maximum absolute atomic E-state index is 13.9. The zero-order valence-corrected chi connectivity index (χ0v) is 19.3. The van der Waals surface area contributed by atoms with Crippen LogP contribution in [0.15, 0.2) is 48.4 Å². The number of hydrogen-bond donors (Lipinski definition) is 0. The molecule has 6 nitrogen and oxygen atoms in total. The lowest BCUT2D eigenvalue weighted by molar-refractivity contribution is -0.145. The molecule has 0 aliphatic carbocycles. The average Bonchev–Trinajstić information content (AvgIpc) is 3.29. The summed E-state index contributed by atoms with van der Waals surface area (Å²) in [6, 6.07) is 6.55. The first-order chi connectivity index (χ1) is 16.9. The Labute approximate surface area is 200 Å². The van der Waals surface area contributed by atoms with Crippen LogP contribution in [-0.4, -0.2) is 46.7 Å². The average molecular weight is 483 g/mol. The number of nitrogens with zero attached hydrogens (tertiary/aromatic N) is 3. The van der Waals surface area contributed by atoms with Gasteiger partial charge in [0.25, 0.3) is 5.91 Å². The summed E-state index contributed by atoms with van der Waals surface area (Å²) in [6.45, 7) is 2.32. The van der Waals surface area contributed by atoms with Crippen molar-refractivity contribution in [2.45, 2.75) is 31.8 Å². The minimum Gasteiger partial charge on any atom is -0.495 e. The number of carbonyl (C=O) groups is 1. The van der Waals surface area contributed by atoms with Crippen LogP contribution in [0.4, 0.5) is 13.2 Å². The smallest absolute Gasteiger partial charge is 0.250 e. The van der Waals surface area contributed by atoms with Crippen LogP contribution in [0.25, 0.3) is 11.8 Å². The summed E-state index contributed by atoms with van der Waals surface area (Å²) in [5, 5.41) is 0. The first-order valence-electron chi connectivity index (χ1n) is 11.3. The number of imidazole rings is 1. The fourth-order valence-corrected chi connectivity index (χ4v) is 4.77. The molecule has 0 radical (unpaired) electrons. The van der Waals surface area contributed by atoms with E-state index >= 15 is 0 Å². The Morgan fingerprint density at radius 1 is 1.14 bits per heavy atom.